The molecule has 0 aromatic heterocycles. The number of urea groups is 1. The number of nitrogens with one attached hydrogen (secondary N) is 1. The topological polar surface area (TPSA) is 88.2 Å². The molecule has 0 bridgehead atoms. The van der Waals surface area contributed by atoms with Crippen LogP contribution in [0.25, 0.3) is 0 Å². The Morgan fingerprint density at radius 2 is 1.82 bits per heavy atom. The van der Waals surface area contributed by atoms with Crippen LogP contribution in [0.2, 0.25) is 0 Å². The number of rotatable bonds is 6. The molecule has 2 aromatic rings. The quantitative estimate of drug-likeness (QED) is 0.510. The molecule has 2 atom stereocenters. The Hall–Kier alpha value is -3.53. The third-order valence-corrected chi connectivity index (χ3v) is 8.08. The summed E-state index contributed by atoms with van der Waals surface area (Å²) in [6.45, 7) is 3.53. The second-order valence-corrected chi connectivity index (χ2v) is 10.4. The van der Waals surface area contributed by atoms with Gasteiger partial charge in [-0.3, -0.25) is 4.90 Å². The van der Waals surface area contributed by atoms with E-state index in [2.05, 4.69) is 10.2 Å². The largest absolute Gasteiger partial charge is 0.462 e. The lowest BCUT2D eigenvalue weighted by atomic mass is 9.79. The van der Waals surface area contributed by atoms with Crippen molar-refractivity contribution >= 4 is 18.1 Å². The maximum absolute atomic E-state index is 13.8. The highest BCUT2D eigenvalue weighted by atomic mass is 19.2. The van der Waals surface area contributed by atoms with E-state index in [1.54, 1.807) is 6.92 Å². The number of cyclic esters (lactones) is 1. The summed E-state index contributed by atoms with van der Waals surface area (Å²) < 4.78 is 37.4. The van der Waals surface area contributed by atoms with Crippen LogP contribution in [0.15, 0.2) is 42.5 Å². The fourth-order valence-corrected chi connectivity index (χ4v) is 6.09. The van der Waals surface area contributed by atoms with Gasteiger partial charge < -0.3 is 14.8 Å². The van der Waals surface area contributed by atoms with E-state index in [0.29, 0.717) is 36.2 Å². The molecule has 3 amide bonds. The Kier molecular flexibility index (Phi) is 8.11. The van der Waals surface area contributed by atoms with Gasteiger partial charge in [-0.25, -0.2) is 28.1 Å². The van der Waals surface area contributed by atoms with Crippen LogP contribution in [0.1, 0.15) is 72.5 Å². The van der Waals surface area contributed by atoms with Gasteiger partial charge >= 0.3 is 18.1 Å². The fourth-order valence-electron chi connectivity index (χ4n) is 6.09. The standard InChI is InChI=1S/C29H33F2N3O5/c1-2-38-27(35)23-6-4-3-5-22(23)18-7-10-21(11-8-18)33-14-13-20(16-33)32-28(36)34-26(17-39-29(34)37)19-9-12-24(30)25(31)15-19/h3-6,9,12,15,18,20-21,26H,2,7-8,10-11,13-14,16-17H2,1H3,(H,32,36)/t18?,20-,21?,26?/m1/s1. The molecule has 1 aliphatic carbocycles. The Labute approximate surface area is 226 Å². The molecule has 3 aliphatic rings. The van der Waals surface area contributed by atoms with Gasteiger partial charge in [-0.15, -0.1) is 0 Å². The first-order chi connectivity index (χ1) is 18.9. The predicted molar refractivity (Wildman–Crippen MR) is 138 cm³/mol. The lowest BCUT2D eigenvalue weighted by Crippen LogP contribution is -2.47. The van der Waals surface area contributed by atoms with Crippen LogP contribution in [0, 0.1) is 11.6 Å². The molecular weight excluding hydrogens is 508 g/mol. The molecule has 2 saturated heterocycles. The number of amides is 3. The second kappa shape index (κ2) is 11.7. The van der Waals surface area contributed by atoms with Crippen LogP contribution in [-0.2, 0) is 9.47 Å². The first-order valence-corrected chi connectivity index (χ1v) is 13.6. The molecular formula is C29H33F2N3O5. The zero-order valence-electron chi connectivity index (χ0n) is 21.9. The Balaban J connectivity index is 1.16. The molecule has 0 spiro atoms. The molecule has 208 valence electrons. The van der Waals surface area contributed by atoms with Crippen molar-refractivity contribution in [2.45, 2.75) is 63.1 Å². The summed E-state index contributed by atoms with van der Waals surface area (Å²) in [4.78, 5) is 41.1. The zero-order chi connectivity index (χ0) is 27.5. The van der Waals surface area contributed by atoms with Crippen LogP contribution in [0.4, 0.5) is 18.4 Å². The maximum Gasteiger partial charge on any atom is 0.418 e. The van der Waals surface area contributed by atoms with Crippen molar-refractivity contribution in [1.82, 2.24) is 15.1 Å². The number of imide groups is 1. The van der Waals surface area contributed by atoms with Crippen LogP contribution in [0.5, 0.6) is 0 Å². The molecule has 39 heavy (non-hydrogen) atoms. The van der Waals surface area contributed by atoms with Gasteiger partial charge in [-0.05, 0) is 74.3 Å². The molecule has 10 heteroatoms. The number of likely N-dealkylation sites (tertiary alicyclic amines) is 1. The number of halogens is 2. The van der Waals surface area contributed by atoms with Crippen molar-refractivity contribution in [3.63, 3.8) is 0 Å². The van der Waals surface area contributed by atoms with E-state index < -0.39 is 29.8 Å². The smallest absolute Gasteiger partial charge is 0.418 e. The van der Waals surface area contributed by atoms with Crippen molar-refractivity contribution in [2.24, 2.45) is 0 Å². The number of hydrogen-bond acceptors (Lipinski definition) is 6. The maximum atomic E-state index is 13.8. The molecule has 1 unspecified atom stereocenters. The average Bonchev–Trinajstić information content (AvgIpc) is 3.57. The van der Waals surface area contributed by atoms with E-state index in [-0.39, 0.29) is 18.6 Å². The lowest BCUT2D eigenvalue weighted by Gasteiger charge is -2.35. The second-order valence-electron chi connectivity index (χ2n) is 10.4. The van der Waals surface area contributed by atoms with Gasteiger partial charge in [0.1, 0.15) is 12.6 Å². The number of hydrogen-bond donors (Lipinski definition) is 1. The van der Waals surface area contributed by atoms with E-state index in [0.717, 1.165) is 61.2 Å². The van der Waals surface area contributed by atoms with Gasteiger partial charge in [-0.2, -0.15) is 0 Å². The predicted octanol–water partition coefficient (Wildman–Crippen LogP) is 5.15. The summed E-state index contributed by atoms with van der Waals surface area (Å²) in [5.41, 5.74) is 1.99. The molecule has 5 rings (SSSR count). The van der Waals surface area contributed by atoms with Crippen LogP contribution < -0.4 is 5.32 Å². The van der Waals surface area contributed by atoms with Crippen molar-refractivity contribution in [2.75, 3.05) is 26.3 Å². The summed E-state index contributed by atoms with van der Waals surface area (Å²) in [5.74, 6) is -2.02. The van der Waals surface area contributed by atoms with Crippen molar-refractivity contribution in [1.29, 1.82) is 0 Å². The molecule has 1 saturated carbocycles. The minimum absolute atomic E-state index is 0.114. The summed E-state index contributed by atoms with van der Waals surface area (Å²) in [6, 6.07) is 9.82. The molecule has 0 radical (unpaired) electrons. The van der Waals surface area contributed by atoms with Crippen LogP contribution in [-0.4, -0.2) is 66.3 Å². The van der Waals surface area contributed by atoms with E-state index >= 15 is 0 Å². The molecule has 3 fully saturated rings. The lowest BCUT2D eigenvalue weighted by molar-refractivity contribution is 0.0523. The summed E-state index contributed by atoms with van der Waals surface area (Å²) in [5, 5.41) is 2.94. The molecule has 8 nitrogen and oxygen atoms in total. The number of carbonyl (C=O) groups is 3. The SMILES string of the molecule is CCOC(=O)c1ccccc1C1CCC(N2CC[C@@H](NC(=O)N3C(=O)OCC3c3ccc(F)c(F)c3)C2)CC1. The molecule has 2 heterocycles. The molecule has 2 aliphatic heterocycles. The fraction of sp³-hybridized carbons (Fsp3) is 0.483. The Bertz CT molecular complexity index is 1230. The summed E-state index contributed by atoms with van der Waals surface area (Å²) in [7, 11) is 0. The van der Waals surface area contributed by atoms with E-state index in [9.17, 15) is 23.2 Å². The van der Waals surface area contributed by atoms with Crippen molar-refractivity contribution < 1.29 is 32.6 Å². The van der Waals surface area contributed by atoms with Crippen molar-refractivity contribution in [3.05, 3.63) is 70.8 Å². The monoisotopic (exact) mass is 541 g/mol. The van der Waals surface area contributed by atoms with E-state index in [1.165, 1.54) is 6.07 Å². The first kappa shape index (κ1) is 27.1. The van der Waals surface area contributed by atoms with Crippen LogP contribution >= 0.6 is 0 Å². The zero-order valence-corrected chi connectivity index (χ0v) is 21.9. The van der Waals surface area contributed by atoms with E-state index in [4.69, 9.17) is 9.47 Å². The third-order valence-electron chi connectivity index (χ3n) is 8.08. The van der Waals surface area contributed by atoms with Crippen LogP contribution in [0.3, 0.4) is 0 Å². The molecule has 1 N–H and O–H groups in total. The Morgan fingerprint density at radius 1 is 1.05 bits per heavy atom. The average molecular weight is 542 g/mol. The van der Waals surface area contributed by atoms with Gasteiger partial charge in [0.05, 0.1) is 12.2 Å². The minimum atomic E-state index is -1.04. The number of benzene rings is 2. The normalized spacial score (nSPS) is 25.4. The highest BCUT2D eigenvalue weighted by Gasteiger charge is 2.41. The van der Waals surface area contributed by atoms with Gasteiger partial charge in [-0.1, -0.05) is 24.3 Å². The van der Waals surface area contributed by atoms with Gasteiger partial charge in [0, 0.05) is 25.2 Å². The number of esters is 1. The highest BCUT2D eigenvalue weighted by molar-refractivity contribution is 5.93. The van der Waals surface area contributed by atoms with Gasteiger partial charge in [0.2, 0.25) is 0 Å². The van der Waals surface area contributed by atoms with Gasteiger partial charge in [0.25, 0.3) is 0 Å². The number of nitrogens with zero attached hydrogens (tertiary/aromatic N) is 2. The van der Waals surface area contributed by atoms with Crippen molar-refractivity contribution in [3.8, 4) is 0 Å². The summed E-state index contributed by atoms with van der Waals surface area (Å²) in [6.07, 6.45) is 3.83. The Morgan fingerprint density at radius 3 is 2.56 bits per heavy atom. The first-order valence-electron chi connectivity index (χ1n) is 13.6. The highest BCUT2D eigenvalue weighted by Crippen LogP contribution is 2.37. The minimum Gasteiger partial charge on any atom is -0.462 e. The van der Waals surface area contributed by atoms with E-state index in [1.807, 2.05) is 24.3 Å². The number of ether oxygens (including phenoxy) is 2. The molecule has 2 aromatic carbocycles. The third kappa shape index (κ3) is 5.75. The summed E-state index contributed by atoms with van der Waals surface area (Å²) >= 11 is 0. The van der Waals surface area contributed by atoms with Gasteiger partial charge in [0.15, 0.2) is 11.6 Å². The number of carbonyl (C=O) groups excluding carboxylic acids is 3.